The molecule has 0 aromatic rings. The maximum Gasteiger partial charge on any atom is 0.282 e. The zero-order chi connectivity index (χ0) is 6.97. The number of amidine groups is 1. The van der Waals surface area contributed by atoms with Gasteiger partial charge in [0.05, 0.1) is 6.54 Å². The predicted octanol–water partition coefficient (Wildman–Crippen LogP) is 0.500. The van der Waals surface area contributed by atoms with Crippen molar-refractivity contribution in [3.05, 3.63) is 0 Å². The lowest BCUT2D eigenvalue weighted by Crippen LogP contribution is -2.30. The molecule has 0 aromatic heterocycles. The van der Waals surface area contributed by atoms with Crippen LogP contribution in [0.1, 0.15) is 19.3 Å². The lowest BCUT2D eigenvalue weighted by atomic mass is 9.81. The van der Waals surface area contributed by atoms with Crippen molar-refractivity contribution < 1.29 is 4.74 Å². The third kappa shape index (κ3) is 0.856. The van der Waals surface area contributed by atoms with Crippen LogP contribution in [0.4, 0.5) is 0 Å². The van der Waals surface area contributed by atoms with Crippen molar-refractivity contribution in [2.45, 2.75) is 25.4 Å². The molecule has 1 heterocycles. The number of nitrogens with zero attached hydrogens (tertiary/aromatic N) is 1. The molecule has 1 unspecified atom stereocenters. The van der Waals surface area contributed by atoms with Crippen LogP contribution in [0.15, 0.2) is 4.99 Å². The number of aliphatic imine (C=N–C) groups is 1. The molecule has 2 N–H and O–H groups in total. The number of hydrogen-bond donors (Lipinski definition) is 1. The van der Waals surface area contributed by atoms with Crippen LogP contribution in [0.25, 0.3) is 0 Å². The van der Waals surface area contributed by atoms with E-state index in [1.54, 1.807) is 0 Å². The van der Waals surface area contributed by atoms with Gasteiger partial charge in [-0.3, -0.25) is 0 Å². The summed E-state index contributed by atoms with van der Waals surface area (Å²) in [7, 11) is 0. The van der Waals surface area contributed by atoms with E-state index in [0.29, 0.717) is 12.1 Å². The molecule has 0 spiro atoms. The van der Waals surface area contributed by atoms with Crippen molar-refractivity contribution in [2.75, 3.05) is 6.54 Å². The fourth-order valence-electron chi connectivity index (χ4n) is 1.47. The number of hydrogen-bond acceptors (Lipinski definition) is 3. The highest BCUT2D eigenvalue weighted by Crippen LogP contribution is 2.32. The summed E-state index contributed by atoms with van der Waals surface area (Å²) in [5.41, 5.74) is 5.37. The summed E-state index contributed by atoms with van der Waals surface area (Å²) >= 11 is 0. The quantitative estimate of drug-likeness (QED) is 0.576. The second-order valence-electron chi connectivity index (χ2n) is 3.03. The Labute approximate surface area is 60.3 Å². The minimum Gasteiger partial charge on any atom is -0.460 e. The Morgan fingerprint density at radius 1 is 1.50 bits per heavy atom. The molecule has 10 heavy (non-hydrogen) atoms. The minimum absolute atomic E-state index is 0.314. The third-order valence-corrected chi connectivity index (χ3v) is 2.37. The largest absolute Gasteiger partial charge is 0.460 e. The molecule has 0 bridgehead atoms. The first-order valence-corrected chi connectivity index (χ1v) is 3.83. The molecule has 56 valence electrons. The van der Waals surface area contributed by atoms with E-state index < -0.39 is 0 Å². The maximum absolute atomic E-state index is 5.37. The molecule has 1 aliphatic carbocycles. The molecule has 0 aromatic carbocycles. The molecule has 0 radical (unpaired) electrons. The zero-order valence-electron chi connectivity index (χ0n) is 5.92. The SMILES string of the molecule is NC1=NCC(C2CCC2)O1. The van der Waals surface area contributed by atoms with E-state index >= 15 is 0 Å². The summed E-state index contributed by atoms with van der Waals surface area (Å²) in [5.74, 6) is 0.741. The van der Waals surface area contributed by atoms with Crippen LogP contribution >= 0.6 is 0 Å². The van der Waals surface area contributed by atoms with Crippen molar-refractivity contribution in [1.82, 2.24) is 0 Å². The van der Waals surface area contributed by atoms with Crippen LogP contribution < -0.4 is 5.73 Å². The van der Waals surface area contributed by atoms with Crippen molar-refractivity contribution >= 4 is 6.02 Å². The molecule has 1 aliphatic heterocycles. The van der Waals surface area contributed by atoms with Gasteiger partial charge in [0.1, 0.15) is 6.10 Å². The Morgan fingerprint density at radius 2 is 2.30 bits per heavy atom. The lowest BCUT2D eigenvalue weighted by Gasteiger charge is -2.29. The summed E-state index contributed by atoms with van der Waals surface area (Å²) in [4.78, 5) is 3.99. The van der Waals surface area contributed by atoms with Gasteiger partial charge in [0, 0.05) is 0 Å². The zero-order valence-corrected chi connectivity index (χ0v) is 5.92. The highest BCUT2D eigenvalue weighted by atomic mass is 16.5. The van der Waals surface area contributed by atoms with E-state index in [-0.39, 0.29) is 0 Å². The average molecular weight is 140 g/mol. The van der Waals surface area contributed by atoms with E-state index in [1.165, 1.54) is 19.3 Å². The van der Waals surface area contributed by atoms with Crippen molar-refractivity contribution in [2.24, 2.45) is 16.6 Å². The highest BCUT2D eigenvalue weighted by Gasteiger charge is 2.31. The smallest absolute Gasteiger partial charge is 0.282 e. The van der Waals surface area contributed by atoms with Crippen LogP contribution in [-0.2, 0) is 4.74 Å². The fraction of sp³-hybridized carbons (Fsp3) is 0.857. The Balaban J connectivity index is 1.86. The molecule has 1 saturated carbocycles. The van der Waals surface area contributed by atoms with Gasteiger partial charge in [-0.2, -0.15) is 0 Å². The van der Waals surface area contributed by atoms with Gasteiger partial charge in [0.15, 0.2) is 0 Å². The maximum atomic E-state index is 5.37. The molecule has 3 heteroatoms. The predicted molar refractivity (Wildman–Crippen MR) is 38.7 cm³/mol. The van der Waals surface area contributed by atoms with Gasteiger partial charge < -0.3 is 10.5 Å². The van der Waals surface area contributed by atoms with Gasteiger partial charge >= 0.3 is 0 Å². The fourth-order valence-corrected chi connectivity index (χ4v) is 1.47. The van der Waals surface area contributed by atoms with Gasteiger partial charge in [-0.1, -0.05) is 6.42 Å². The van der Waals surface area contributed by atoms with Crippen LogP contribution in [0.5, 0.6) is 0 Å². The first-order valence-electron chi connectivity index (χ1n) is 3.83. The van der Waals surface area contributed by atoms with E-state index in [1.807, 2.05) is 0 Å². The average Bonchev–Trinajstić information content (AvgIpc) is 2.10. The Hall–Kier alpha value is -0.730. The van der Waals surface area contributed by atoms with Crippen molar-refractivity contribution in [3.8, 4) is 0 Å². The van der Waals surface area contributed by atoms with E-state index in [0.717, 1.165) is 12.5 Å². The second kappa shape index (κ2) is 2.15. The van der Waals surface area contributed by atoms with Gasteiger partial charge in [-0.25, -0.2) is 4.99 Å². The first-order chi connectivity index (χ1) is 4.86. The Bertz CT molecular complexity index is 163. The topological polar surface area (TPSA) is 47.6 Å². The number of ether oxygens (including phenoxy) is 1. The van der Waals surface area contributed by atoms with Gasteiger partial charge in [-0.05, 0) is 18.8 Å². The van der Waals surface area contributed by atoms with Crippen LogP contribution in [0, 0.1) is 5.92 Å². The van der Waals surface area contributed by atoms with E-state index in [2.05, 4.69) is 4.99 Å². The van der Waals surface area contributed by atoms with Gasteiger partial charge in [0.25, 0.3) is 6.02 Å². The molecule has 0 saturated heterocycles. The van der Waals surface area contributed by atoms with E-state index in [9.17, 15) is 0 Å². The monoisotopic (exact) mass is 140 g/mol. The lowest BCUT2D eigenvalue weighted by molar-refractivity contribution is 0.0967. The van der Waals surface area contributed by atoms with Crippen molar-refractivity contribution in [3.63, 3.8) is 0 Å². The molecular formula is C7H12N2O. The van der Waals surface area contributed by atoms with Crippen LogP contribution in [0.2, 0.25) is 0 Å². The van der Waals surface area contributed by atoms with Crippen LogP contribution in [-0.4, -0.2) is 18.7 Å². The highest BCUT2D eigenvalue weighted by molar-refractivity contribution is 5.73. The van der Waals surface area contributed by atoms with E-state index in [4.69, 9.17) is 10.5 Å². The molecule has 0 amide bonds. The summed E-state index contributed by atoms with van der Waals surface area (Å²) in [6.45, 7) is 0.788. The molecule has 3 nitrogen and oxygen atoms in total. The Morgan fingerprint density at radius 3 is 2.70 bits per heavy atom. The summed E-state index contributed by atoms with van der Waals surface area (Å²) < 4.78 is 5.29. The molecular weight excluding hydrogens is 128 g/mol. The summed E-state index contributed by atoms with van der Waals surface area (Å²) in [5, 5.41) is 0. The minimum atomic E-state index is 0.314. The summed E-state index contributed by atoms with van der Waals surface area (Å²) in [6, 6.07) is 0.386. The van der Waals surface area contributed by atoms with Gasteiger partial charge in [-0.15, -0.1) is 0 Å². The number of nitrogens with two attached hydrogens (primary N) is 1. The second-order valence-corrected chi connectivity index (χ2v) is 3.03. The third-order valence-electron chi connectivity index (χ3n) is 2.37. The molecule has 2 aliphatic rings. The first kappa shape index (κ1) is 6.01. The standard InChI is InChI=1S/C7H12N2O/c8-7-9-4-6(10-7)5-2-1-3-5/h5-6H,1-4H2,(H2,8,9). The van der Waals surface area contributed by atoms with Crippen molar-refractivity contribution in [1.29, 1.82) is 0 Å². The Kier molecular flexibility index (Phi) is 1.29. The molecule has 1 fully saturated rings. The summed E-state index contributed by atoms with van der Waals surface area (Å²) in [6.07, 6.45) is 4.26. The van der Waals surface area contributed by atoms with Gasteiger partial charge in [0.2, 0.25) is 0 Å². The number of rotatable bonds is 1. The molecule has 2 rings (SSSR count). The normalized spacial score (nSPS) is 32.8. The molecule has 1 atom stereocenters. The van der Waals surface area contributed by atoms with Crippen LogP contribution in [0.3, 0.4) is 0 Å².